The molecule has 0 aliphatic heterocycles. The number of thiophene rings is 1. The van der Waals surface area contributed by atoms with Crippen molar-refractivity contribution in [3.05, 3.63) is 28.1 Å². The minimum atomic E-state index is -0.215. The summed E-state index contributed by atoms with van der Waals surface area (Å²) >= 11 is 7.29. The van der Waals surface area contributed by atoms with Gasteiger partial charge in [-0.05, 0) is 31.0 Å². The number of nitrogens with one attached hydrogen (secondary N) is 1. The first-order valence-electron chi connectivity index (χ1n) is 6.33. The lowest BCUT2D eigenvalue weighted by molar-refractivity contribution is 0.0921. The average molecular weight is 313 g/mol. The van der Waals surface area contributed by atoms with Gasteiger partial charge in [-0.1, -0.05) is 18.5 Å². The summed E-state index contributed by atoms with van der Waals surface area (Å²) in [6.45, 7) is 3.76. The summed E-state index contributed by atoms with van der Waals surface area (Å²) in [7, 11) is 0. The van der Waals surface area contributed by atoms with Gasteiger partial charge in [0.2, 0.25) is 0 Å². The van der Waals surface area contributed by atoms with E-state index in [1.54, 1.807) is 12.1 Å². The average Bonchev–Trinajstić information content (AvgIpc) is 2.75. The summed E-state index contributed by atoms with van der Waals surface area (Å²) in [6, 6.07) is 5.27. The molecule has 1 heterocycles. The zero-order valence-electron chi connectivity index (χ0n) is 11.3. The summed E-state index contributed by atoms with van der Waals surface area (Å²) in [5, 5.41) is 13.4. The summed E-state index contributed by atoms with van der Waals surface area (Å²) < 4.78 is 0.930. The third kappa shape index (κ3) is 2.90. The van der Waals surface area contributed by atoms with Crippen LogP contribution >= 0.6 is 22.9 Å². The Morgan fingerprint density at radius 1 is 1.50 bits per heavy atom. The maximum absolute atomic E-state index is 12.3. The van der Waals surface area contributed by atoms with Crippen molar-refractivity contribution < 1.29 is 9.90 Å². The Labute approximate surface area is 126 Å². The lowest BCUT2D eigenvalue weighted by atomic mass is 10.1. The second-order valence-corrected chi connectivity index (χ2v) is 6.40. The number of amides is 1. The quantitative estimate of drug-likeness (QED) is 0.812. The van der Waals surface area contributed by atoms with Gasteiger partial charge in [-0.15, -0.1) is 11.3 Å². The number of fused-ring (bicyclic) bond motifs is 1. The Morgan fingerprint density at radius 2 is 2.20 bits per heavy atom. The van der Waals surface area contributed by atoms with E-state index in [2.05, 4.69) is 5.32 Å². The van der Waals surface area contributed by atoms with Crippen molar-refractivity contribution in [3.8, 4) is 0 Å². The SMILES string of the molecule is CC(CO)C(C)NC(=O)c1sc2ccc(Cl)cc2c1N. The number of benzene rings is 1. The molecule has 6 heteroatoms. The molecule has 2 aromatic rings. The Kier molecular flexibility index (Phi) is 4.52. The fourth-order valence-corrected chi connectivity index (χ4v) is 3.01. The number of rotatable bonds is 4. The normalized spacial score (nSPS) is 14.2. The standard InChI is InChI=1S/C14H17ClN2O2S/c1-7(6-18)8(2)17-14(19)13-12(16)10-5-9(15)3-4-11(10)20-13/h3-5,7-8,18H,6,16H2,1-2H3,(H,17,19). The molecule has 0 fully saturated rings. The van der Waals surface area contributed by atoms with Crippen LogP contribution in [0, 0.1) is 5.92 Å². The van der Waals surface area contributed by atoms with Crippen LogP contribution in [0.4, 0.5) is 5.69 Å². The van der Waals surface area contributed by atoms with Gasteiger partial charge in [0.25, 0.3) is 5.91 Å². The van der Waals surface area contributed by atoms with Gasteiger partial charge in [0.15, 0.2) is 0 Å². The molecular weight excluding hydrogens is 296 g/mol. The number of aliphatic hydroxyl groups excluding tert-OH is 1. The first-order chi connectivity index (χ1) is 9.43. The smallest absolute Gasteiger partial charge is 0.263 e. The first-order valence-corrected chi connectivity index (χ1v) is 7.52. The van der Waals surface area contributed by atoms with Gasteiger partial charge < -0.3 is 16.2 Å². The zero-order valence-corrected chi connectivity index (χ0v) is 12.9. The van der Waals surface area contributed by atoms with E-state index in [-0.39, 0.29) is 24.5 Å². The van der Waals surface area contributed by atoms with Gasteiger partial charge in [0.05, 0.1) is 5.69 Å². The second kappa shape index (κ2) is 5.99. The minimum Gasteiger partial charge on any atom is -0.397 e. The molecule has 2 rings (SSSR count). The summed E-state index contributed by atoms with van der Waals surface area (Å²) in [6.07, 6.45) is 0. The third-order valence-corrected chi connectivity index (χ3v) is 4.82. The molecule has 108 valence electrons. The van der Waals surface area contributed by atoms with Gasteiger partial charge in [-0.3, -0.25) is 4.79 Å². The van der Waals surface area contributed by atoms with Crippen molar-refractivity contribution in [3.63, 3.8) is 0 Å². The number of hydrogen-bond acceptors (Lipinski definition) is 4. The molecule has 0 radical (unpaired) electrons. The zero-order chi connectivity index (χ0) is 14.9. The molecule has 4 N–H and O–H groups in total. The molecule has 2 atom stereocenters. The molecule has 1 aromatic heterocycles. The maximum atomic E-state index is 12.3. The number of nitrogen functional groups attached to an aromatic ring is 1. The lowest BCUT2D eigenvalue weighted by Crippen LogP contribution is -2.38. The highest BCUT2D eigenvalue weighted by Gasteiger charge is 2.20. The van der Waals surface area contributed by atoms with Gasteiger partial charge in [-0.2, -0.15) is 0 Å². The van der Waals surface area contributed by atoms with E-state index in [0.29, 0.717) is 15.6 Å². The molecule has 0 aliphatic rings. The highest BCUT2D eigenvalue weighted by atomic mass is 35.5. The molecule has 0 saturated heterocycles. The van der Waals surface area contributed by atoms with Crippen LogP contribution in [0.1, 0.15) is 23.5 Å². The third-order valence-electron chi connectivity index (χ3n) is 3.39. The first kappa shape index (κ1) is 15.1. The number of carbonyl (C=O) groups excluding carboxylic acids is 1. The van der Waals surface area contributed by atoms with E-state index < -0.39 is 0 Å². The van der Waals surface area contributed by atoms with Crippen molar-refractivity contribution in [2.24, 2.45) is 5.92 Å². The molecule has 2 unspecified atom stereocenters. The molecular formula is C14H17ClN2O2S. The second-order valence-electron chi connectivity index (χ2n) is 4.91. The summed E-state index contributed by atoms with van der Waals surface area (Å²) in [5.74, 6) is -0.225. The van der Waals surface area contributed by atoms with Gasteiger partial charge >= 0.3 is 0 Å². The Morgan fingerprint density at radius 3 is 2.85 bits per heavy atom. The largest absolute Gasteiger partial charge is 0.397 e. The number of hydrogen-bond donors (Lipinski definition) is 3. The van der Waals surface area contributed by atoms with Crippen molar-refractivity contribution in [2.75, 3.05) is 12.3 Å². The molecule has 20 heavy (non-hydrogen) atoms. The monoisotopic (exact) mass is 312 g/mol. The van der Waals surface area contributed by atoms with E-state index >= 15 is 0 Å². The maximum Gasteiger partial charge on any atom is 0.263 e. The van der Waals surface area contributed by atoms with Crippen molar-refractivity contribution in [1.82, 2.24) is 5.32 Å². The van der Waals surface area contributed by atoms with Crippen molar-refractivity contribution >= 4 is 44.6 Å². The van der Waals surface area contributed by atoms with Crippen molar-refractivity contribution in [2.45, 2.75) is 19.9 Å². The number of aliphatic hydroxyl groups is 1. The molecule has 0 spiro atoms. The Balaban J connectivity index is 2.29. The van der Waals surface area contributed by atoms with Crippen LogP contribution in [0.2, 0.25) is 5.02 Å². The fourth-order valence-electron chi connectivity index (χ4n) is 1.83. The van der Waals surface area contributed by atoms with E-state index in [9.17, 15) is 4.79 Å². The number of nitrogens with two attached hydrogens (primary N) is 1. The van der Waals surface area contributed by atoms with Gasteiger partial charge in [0.1, 0.15) is 4.88 Å². The Hall–Kier alpha value is -1.30. The number of anilines is 1. The number of halogens is 1. The van der Waals surface area contributed by atoms with E-state index in [0.717, 1.165) is 10.1 Å². The Bertz CT molecular complexity index is 641. The van der Waals surface area contributed by atoms with Crippen LogP contribution in [0.3, 0.4) is 0 Å². The lowest BCUT2D eigenvalue weighted by Gasteiger charge is -2.18. The summed E-state index contributed by atoms with van der Waals surface area (Å²) in [4.78, 5) is 12.7. The topological polar surface area (TPSA) is 75.3 Å². The van der Waals surface area contributed by atoms with E-state index in [4.69, 9.17) is 22.4 Å². The van der Waals surface area contributed by atoms with Crippen LogP contribution < -0.4 is 11.1 Å². The molecule has 0 bridgehead atoms. The molecule has 1 amide bonds. The van der Waals surface area contributed by atoms with Crippen LogP contribution in [0.5, 0.6) is 0 Å². The van der Waals surface area contributed by atoms with Gasteiger partial charge in [-0.25, -0.2) is 0 Å². The van der Waals surface area contributed by atoms with Crippen molar-refractivity contribution in [1.29, 1.82) is 0 Å². The van der Waals surface area contributed by atoms with Gasteiger partial charge in [0, 0.05) is 27.8 Å². The molecule has 1 aromatic carbocycles. The molecule has 0 aliphatic carbocycles. The predicted molar refractivity (Wildman–Crippen MR) is 84.4 cm³/mol. The fraction of sp³-hybridized carbons (Fsp3) is 0.357. The van der Waals surface area contributed by atoms with Crippen LogP contribution in [-0.4, -0.2) is 23.7 Å². The molecule has 4 nitrogen and oxygen atoms in total. The van der Waals surface area contributed by atoms with Crippen LogP contribution in [0.15, 0.2) is 18.2 Å². The van der Waals surface area contributed by atoms with Crippen LogP contribution in [-0.2, 0) is 0 Å². The minimum absolute atomic E-state index is 0.0102. The summed E-state index contributed by atoms with van der Waals surface area (Å²) in [5.41, 5.74) is 6.49. The van der Waals surface area contributed by atoms with E-state index in [1.165, 1.54) is 11.3 Å². The van der Waals surface area contributed by atoms with Crippen LogP contribution in [0.25, 0.3) is 10.1 Å². The van der Waals surface area contributed by atoms with E-state index in [1.807, 2.05) is 19.9 Å². The predicted octanol–water partition coefficient (Wildman–Crippen LogP) is 2.88. The number of carbonyl (C=O) groups is 1. The highest BCUT2D eigenvalue weighted by molar-refractivity contribution is 7.21. The highest BCUT2D eigenvalue weighted by Crippen LogP contribution is 2.35. The molecule has 0 saturated carbocycles.